The van der Waals surface area contributed by atoms with Crippen LogP contribution in [0.3, 0.4) is 0 Å². The Bertz CT molecular complexity index is 1170. The topological polar surface area (TPSA) is 133 Å². The van der Waals surface area contributed by atoms with Crippen LogP contribution in [-0.2, 0) is 23.0 Å². The van der Waals surface area contributed by atoms with E-state index in [0.29, 0.717) is 24.3 Å². The highest BCUT2D eigenvalue weighted by molar-refractivity contribution is 7.93. The molecule has 0 aliphatic carbocycles. The number of hydrogen-bond donors (Lipinski definition) is 3. The second-order valence-electron chi connectivity index (χ2n) is 7.14. The van der Waals surface area contributed by atoms with Gasteiger partial charge in [0.25, 0.3) is 10.0 Å². The summed E-state index contributed by atoms with van der Waals surface area (Å²) >= 11 is 6.78. The quantitative estimate of drug-likeness (QED) is 0.390. The number of hydrogen-bond acceptors (Lipinski definition) is 8. The fourth-order valence-corrected chi connectivity index (χ4v) is 5.00. The molecule has 0 aliphatic heterocycles. The molecule has 3 rings (SSSR count). The van der Waals surface area contributed by atoms with Crippen LogP contribution in [0.1, 0.15) is 18.1 Å². The maximum atomic E-state index is 13.1. The number of nitrogens with two attached hydrogens (primary N) is 2. The average Bonchev–Trinajstić information content (AvgIpc) is 3.15. The summed E-state index contributed by atoms with van der Waals surface area (Å²) in [5, 5.41) is -0.694. The molecule has 0 fully saturated rings. The number of thiazole rings is 1. The van der Waals surface area contributed by atoms with Gasteiger partial charge < -0.3 is 16.2 Å². The van der Waals surface area contributed by atoms with Gasteiger partial charge in [-0.1, -0.05) is 47.2 Å². The first-order valence-corrected chi connectivity index (χ1v) is 12.3. The first kappa shape index (κ1) is 24.3. The lowest BCUT2D eigenvalue weighted by Gasteiger charge is -2.22. The van der Waals surface area contributed by atoms with E-state index in [1.165, 1.54) is 6.07 Å². The van der Waals surface area contributed by atoms with Gasteiger partial charge in [0.15, 0.2) is 10.3 Å². The van der Waals surface area contributed by atoms with Crippen molar-refractivity contribution in [1.29, 1.82) is 0 Å². The summed E-state index contributed by atoms with van der Waals surface area (Å²) in [4.78, 5) is 7.47. The van der Waals surface area contributed by atoms with Gasteiger partial charge in [0, 0.05) is 18.5 Å². The van der Waals surface area contributed by atoms with Crippen LogP contribution in [0.4, 0.5) is 9.52 Å². The van der Waals surface area contributed by atoms with Crippen molar-refractivity contribution in [1.82, 2.24) is 9.97 Å². The Balaban J connectivity index is 1.70. The molecule has 0 spiro atoms. The lowest BCUT2D eigenvalue weighted by atomic mass is 9.91. The molecule has 0 saturated heterocycles. The van der Waals surface area contributed by atoms with E-state index in [-0.39, 0.29) is 39.5 Å². The molecule has 8 nitrogen and oxygen atoms in total. The molecule has 2 atom stereocenters. The van der Waals surface area contributed by atoms with Gasteiger partial charge in [0.1, 0.15) is 9.92 Å². The number of pyridine rings is 1. The third-order valence-corrected chi connectivity index (χ3v) is 7.20. The molecule has 3 aromatic rings. The van der Waals surface area contributed by atoms with E-state index in [1.807, 2.05) is 31.2 Å². The van der Waals surface area contributed by atoms with E-state index in [4.69, 9.17) is 27.8 Å². The highest BCUT2D eigenvalue weighted by Crippen LogP contribution is 2.27. The molecule has 32 heavy (non-hydrogen) atoms. The minimum absolute atomic E-state index is 0.0176. The third-order valence-electron chi connectivity index (χ3n) is 4.79. The molecule has 0 unspecified atom stereocenters. The van der Waals surface area contributed by atoms with Crippen LogP contribution < -0.4 is 20.9 Å². The summed E-state index contributed by atoms with van der Waals surface area (Å²) in [7, 11) is -4.04. The van der Waals surface area contributed by atoms with Gasteiger partial charge in [0.2, 0.25) is 5.88 Å². The summed E-state index contributed by atoms with van der Waals surface area (Å²) in [5.74, 6) is 0.0362. The molecule has 0 amide bonds. The van der Waals surface area contributed by atoms with Gasteiger partial charge in [-0.2, -0.15) is 4.39 Å². The minimum atomic E-state index is -4.04. The Morgan fingerprint density at radius 2 is 1.97 bits per heavy atom. The number of ether oxygens (including phenoxy) is 1. The molecule has 1 aromatic carbocycles. The van der Waals surface area contributed by atoms with Crippen molar-refractivity contribution in [3.8, 4) is 5.88 Å². The lowest BCUT2D eigenvalue weighted by Crippen LogP contribution is -2.33. The second kappa shape index (κ2) is 10.5. The molecular formula is C20H23ClFN5O3S2. The first-order chi connectivity index (χ1) is 15.2. The highest BCUT2D eigenvalue weighted by atomic mass is 35.5. The standard InChI is InChI=1S/C20H23ClFN5O3S2/c1-12(24)15(6-13-4-2-3-5-14(13)8-23)11-30-19-17(21)7-16(9-25-19)32(28,29)27-20-26-10-18(22)31-20/h2-5,7,9-10,12,15H,6,8,11,23-24H2,1H3,(H,26,27)/t12-,15+/m1/s1. The predicted molar refractivity (Wildman–Crippen MR) is 123 cm³/mol. The second-order valence-corrected chi connectivity index (χ2v) is 10.2. The zero-order chi connectivity index (χ0) is 23.3. The van der Waals surface area contributed by atoms with Crippen molar-refractivity contribution in [2.45, 2.75) is 30.8 Å². The molecule has 0 aliphatic rings. The molecular weight excluding hydrogens is 477 g/mol. The van der Waals surface area contributed by atoms with E-state index in [2.05, 4.69) is 14.7 Å². The maximum Gasteiger partial charge on any atom is 0.265 e. The van der Waals surface area contributed by atoms with Crippen LogP contribution in [0.15, 0.2) is 47.6 Å². The largest absolute Gasteiger partial charge is 0.476 e. The van der Waals surface area contributed by atoms with Gasteiger partial charge in [-0.05, 0) is 30.5 Å². The number of nitrogens with zero attached hydrogens (tertiary/aromatic N) is 2. The lowest BCUT2D eigenvalue weighted by molar-refractivity contribution is 0.221. The maximum absolute atomic E-state index is 13.1. The Morgan fingerprint density at radius 3 is 2.56 bits per heavy atom. The molecule has 172 valence electrons. The van der Waals surface area contributed by atoms with E-state index < -0.39 is 15.2 Å². The zero-order valence-corrected chi connectivity index (χ0v) is 19.6. The number of sulfonamides is 1. The van der Waals surface area contributed by atoms with Crippen molar-refractivity contribution in [3.63, 3.8) is 0 Å². The van der Waals surface area contributed by atoms with E-state index >= 15 is 0 Å². The molecule has 2 aromatic heterocycles. The fraction of sp³-hybridized carbons (Fsp3) is 0.300. The van der Waals surface area contributed by atoms with Crippen LogP contribution in [0.5, 0.6) is 5.88 Å². The molecule has 0 radical (unpaired) electrons. The number of halogens is 2. The van der Waals surface area contributed by atoms with Crippen molar-refractivity contribution >= 4 is 38.1 Å². The summed E-state index contributed by atoms with van der Waals surface area (Å²) in [6.07, 6.45) is 2.69. The number of nitrogens with one attached hydrogen (secondary N) is 1. The van der Waals surface area contributed by atoms with Crippen LogP contribution in [-0.4, -0.2) is 31.0 Å². The molecule has 12 heteroatoms. The van der Waals surface area contributed by atoms with Gasteiger partial charge >= 0.3 is 0 Å². The Hall–Kier alpha value is -2.31. The number of benzene rings is 1. The molecule has 5 N–H and O–H groups in total. The average molecular weight is 500 g/mol. The van der Waals surface area contributed by atoms with Crippen molar-refractivity contribution in [2.75, 3.05) is 11.3 Å². The van der Waals surface area contributed by atoms with E-state index in [0.717, 1.165) is 23.5 Å². The molecule has 0 saturated carbocycles. The fourth-order valence-electron chi connectivity index (χ4n) is 2.96. The monoisotopic (exact) mass is 499 g/mol. The predicted octanol–water partition coefficient (Wildman–Crippen LogP) is 3.18. The smallest absolute Gasteiger partial charge is 0.265 e. The van der Waals surface area contributed by atoms with Crippen molar-refractivity contribution in [3.05, 3.63) is 64.0 Å². The Morgan fingerprint density at radius 1 is 1.25 bits per heavy atom. The Labute approximate surface area is 194 Å². The van der Waals surface area contributed by atoms with Crippen molar-refractivity contribution in [2.24, 2.45) is 17.4 Å². The number of rotatable bonds is 10. The summed E-state index contributed by atoms with van der Waals surface area (Å²) in [5.41, 5.74) is 14.1. The normalized spacial score (nSPS) is 13.5. The van der Waals surface area contributed by atoms with Gasteiger partial charge in [0.05, 0.1) is 19.0 Å². The SMILES string of the molecule is C[C@@H](N)[C@H](COc1ncc(S(=O)(=O)Nc2ncc(F)s2)cc1Cl)Cc1ccccc1CN. The molecule has 0 bridgehead atoms. The highest BCUT2D eigenvalue weighted by Gasteiger charge is 2.21. The van der Waals surface area contributed by atoms with Crippen LogP contribution in [0.2, 0.25) is 5.02 Å². The summed E-state index contributed by atoms with van der Waals surface area (Å²) in [6, 6.07) is 8.88. The molecule has 2 heterocycles. The van der Waals surface area contributed by atoms with E-state index in [1.54, 1.807) is 0 Å². The van der Waals surface area contributed by atoms with Crippen LogP contribution in [0, 0.1) is 11.0 Å². The van der Waals surface area contributed by atoms with Gasteiger partial charge in [-0.3, -0.25) is 4.72 Å². The Kier molecular flexibility index (Phi) is 8.01. The first-order valence-electron chi connectivity index (χ1n) is 9.64. The zero-order valence-electron chi connectivity index (χ0n) is 17.2. The van der Waals surface area contributed by atoms with Gasteiger partial charge in [-0.15, -0.1) is 0 Å². The van der Waals surface area contributed by atoms with Gasteiger partial charge in [-0.25, -0.2) is 18.4 Å². The van der Waals surface area contributed by atoms with Crippen molar-refractivity contribution < 1.29 is 17.5 Å². The number of aromatic nitrogens is 2. The number of anilines is 1. The summed E-state index contributed by atoms with van der Waals surface area (Å²) in [6.45, 7) is 2.54. The minimum Gasteiger partial charge on any atom is -0.476 e. The van der Waals surface area contributed by atoms with Crippen LogP contribution in [0.25, 0.3) is 0 Å². The van der Waals surface area contributed by atoms with E-state index in [9.17, 15) is 12.8 Å². The third kappa shape index (κ3) is 6.14. The van der Waals surface area contributed by atoms with Crippen LogP contribution >= 0.6 is 22.9 Å². The summed E-state index contributed by atoms with van der Waals surface area (Å²) < 4.78 is 45.9.